The molecule has 0 saturated carbocycles. The zero-order valence-electron chi connectivity index (χ0n) is 13.5. The zero-order valence-corrected chi connectivity index (χ0v) is 13.5. The molecule has 3 aromatic rings. The van der Waals surface area contributed by atoms with Crippen molar-refractivity contribution in [1.82, 2.24) is 24.9 Å². The van der Waals surface area contributed by atoms with Gasteiger partial charge in [-0.1, -0.05) is 5.21 Å². The molecule has 4 rings (SSSR count). The summed E-state index contributed by atoms with van der Waals surface area (Å²) in [4.78, 5) is 17.9. The van der Waals surface area contributed by atoms with E-state index in [1.54, 1.807) is 13.3 Å². The third kappa shape index (κ3) is 2.62. The molecule has 1 N–H and O–H groups in total. The third-order valence-corrected chi connectivity index (χ3v) is 4.63. The second-order valence-electron chi connectivity index (χ2n) is 6.04. The summed E-state index contributed by atoms with van der Waals surface area (Å²) in [5.41, 5.74) is 1.53. The number of likely N-dealkylation sites (tertiary alicyclic amines) is 1. The van der Waals surface area contributed by atoms with Crippen molar-refractivity contribution in [2.45, 2.75) is 18.9 Å². The molecule has 1 aromatic carbocycles. The number of fused-ring (bicyclic) bond motifs is 1. The average Bonchev–Trinajstić information content (AvgIpc) is 3.30. The van der Waals surface area contributed by atoms with Crippen LogP contribution in [0.25, 0.3) is 10.9 Å². The highest BCUT2D eigenvalue weighted by molar-refractivity contribution is 5.98. The Labute approximate surface area is 139 Å². The second kappa shape index (κ2) is 5.99. The number of H-pyrrole nitrogens is 1. The number of rotatable bonds is 3. The van der Waals surface area contributed by atoms with E-state index >= 15 is 0 Å². The van der Waals surface area contributed by atoms with Gasteiger partial charge in [-0.2, -0.15) is 0 Å². The number of hydrogen-bond donors (Lipinski definition) is 1. The van der Waals surface area contributed by atoms with Crippen LogP contribution in [0.1, 0.15) is 29.4 Å². The maximum absolute atomic E-state index is 12.7. The molecule has 0 bridgehead atoms. The molecule has 0 unspecified atom stereocenters. The van der Waals surface area contributed by atoms with Gasteiger partial charge < -0.3 is 14.6 Å². The van der Waals surface area contributed by atoms with E-state index in [1.165, 1.54) is 0 Å². The molecule has 1 aliphatic heterocycles. The monoisotopic (exact) mass is 325 g/mol. The van der Waals surface area contributed by atoms with Crippen molar-refractivity contribution < 1.29 is 9.53 Å². The predicted molar refractivity (Wildman–Crippen MR) is 89.0 cm³/mol. The Kier molecular flexibility index (Phi) is 3.68. The molecule has 1 saturated heterocycles. The lowest BCUT2D eigenvalue weighted by Gasteiger charge is -2.31. The Morgan fingerprint density at radius 1 is 1.29 bits per heavy atom. The number of nitrogens with zero attached hydrogens (tertiary/aromatic N) is 4. The SMILES string of the molecule is COc1ccc2cc(C(=O)N3CCC(n4ccnn4)CC3)[nH]c2c1. The van der Waals surface area contributed by atoms with Crippen LogP contribution in [0.5, 0.6) is 5.75 Å². The molecule has 0 spiro atoms. The molecule has 1 fully saturated rings. The van der Waals surface area contributed by atoms with Crippen LogP contribution in [0.2, 0.25) is 0 Å². The van der Waals surface area contributed by atoms with E-state index in [-0.39, 0.29) is 5.91 Å². The van der Waals surface area contributed by atoms with Crippen LogP contribution < -0.4 is 4.74 Å². The number of ether oxygens (including phenoxy) is 1. The maximum atomic E-state index is 12.7. The normalized spacial score (nSPS) is 15.8. The molecule has 2 aromatic heterocycles. The van der Waals surface area contributed by atoms with Gasteiger partial charge in [-0.25, -0.2) is 4.68 Å². The first-order valence-corrected chi connectivity index (χ1v) is 8.06. The highest BCUT2D eigenvalue weighted by Gasteiger charge is 2.25. The van der Waals surface area contributed by atoms with Gasteiger partial charge >= 0.3 is 0 Å². The largest absolute Gasteiger partial charge is 0.497 e. The van der Waals surface area contributed by atoms with E-state index in [0.29, 0.717) is 11.7 Å². The van der Waals surface area contributed by atoms with Crippen LogP contribution in [0, 0.1) is 0 Å². The molecule has 1 aliphatic rings. The Morgan fingerprint density at radius 3 is 2.83 bits per heavy atom. The standard InChI is InChI=1S/C17H19N5O2/c1-24-14-3-2-12-10-16(19-15(12)11-14)17(23)21-7-4-13(5-8-21)22-9-6-18-20-22/h2-3,6,9-11,13,19H,4-5,7-8H2,1H3. The van der Waals surface area contributed by atoms with Crippen molar-refractivity contribution in [2.75, 3.05) is 20.2 Å². The van der Waals surface area contributed by atoms with E-state index in [9.17, 15) is 4.79 Å². The average molecular weight is 325 g/mol. The number of hydrogen-bond acceptors (Lipinski definition) is 4. The number of benzene rings is 1. The molecule has 1 amide bonds. The van der Waals surface area contributed by atoms with Gasteiger partial charge in [-0.3, -0.25) is 4.79 Å². The van der Waals surface area contributed by atoms with Crippen LogP contribution in [-0.2, 0) is 0 Å². The predicted octanol–water partition coefficient (Wildman–Crippen LogP) is 2.25. The van der Waals surface area contributed by atoms with Crippen LogP contribution in [-0.4, -0.2) is 51.0 Å². The lowest BCUT2D eigenvalue weighted by atomic mass is 10.0. The summed E-state index contributed by atoms with van der Waals surface area (Å²) < 4.78 is 7.11. The van der Waals surface area contributed by atoms with Gasteiger partial charge in [-0.15, -0.1) is 5.10 Å². The van der Waals surface area contributed by atoms with Gasteiger partial charge in [0.25, 0.3) is 5.91 Å². The van der Waals surface area contributed by atoms with E-state index in [4.69, 9.17) is 4.74 Å². The highest BCUT2D eigenvalue weighted by Crippen LogP contribution is 2.25. The summed E-state index contributed by atoms with van der Waals surface area (Å²) in [5.74, 6) is 0.819. The van der Waals surface area contributed by atoms with Gasteiger partial charge in [0.2, 0.25) is 0 Å². The molecule has 7 heteroatoms. The zero-order chi connectivity index (χ0) is 16.5. The van der Waals surface area contributed by atoms with Crippen LogP contribution in [0.4, 0.5) is 0 Å². The Hall–Kier alpha value is -2.83. The first-order valence-electron chi connectivity index (χ1n) is 8.06. The van der Waals surface area contributed by atoms with Crippen molar-refractivity contribution in [3.8, 4) is 5.75 Å². The molecule has 24 heavy (non-hydrogen) atoms. The number of piperidine rings is 1. The van der Waals surface area contributed by atoms with E-state index in [2.05, 4.69) is 15.3 Å². The second-order valence-corrected chi connectivity index (χ2v) is 6.04. The van der Waals surface area contributed by atoms with Gasteiger partial charge in [0.1, 0.15) is 11.4 Å². The summed E-state index contributed by atoms with van der Waals surface area (Å²) >= 11 is 0. The Bertz CT molecular complexity index is 847. The number of aromatic nitrogens is 4. The molecular weight excluding hydrogens is 306 g/mol. The highest BCUT2D eigenvalue weighted by atomic mass is 16.5. The minimum atomic E-state index is 0.0437. The minimum absolute atomic E-state index is 0.0437. The molecule has 3 heterocycles. The first kappa shape index (κ1) is 14.7. The van der Waals surface area contributed by atoms with Crippen LogP contribution in [0.15, 0.2) is 36.7 Å². The minimum Gasteiger partial charge on any atom is -0.497 e. The van der Waals surface area contributed by atoms with E-state index < -0.39 is 0 Å². The van der Waals surface area contributed by atoms with E-state index in [1.807, 2.05) is 40.0 Å². The summed E-state index contributed by atoms with van der Waals surface area (Å²) in [6.45, 7) is 1.45. The fraction of sp³-hybridized carbons (Fsp3) is 0.353. The van der Waals surface area contributed by atoms with Crippen molar-refractivity contribution in [3.05, 3.63) is 42.4 Å². The number of methoxy groups -OCH3 is 1. The molecule has 124 valence electrons. The fourth-order valence-corrected chi connectivity index (χ4v) is 3.26. The van der Waals surface area contributed by atoms with E-state index in [0.717, 1.165) is 42.6 Å². The van der Waals surface area contributed by atoms with Crippen LogP contribution >= 0.6 is 0 Å². The van der Waals surface area contributed by atoms with Gasteiger partial charge in [0.05, 0.1) is 19.3 Å². The summed E-state index contributed by atoms with van der Waals surface area (Å²) in [7, 11) is 1.63. The molecule has 0 atom stereocenters. The molecule has 0 radical (unpaired) electrons. The topological polar surface area (TPSA) is 76.0 Å². The molecular formula is C17H19N5O2. The first-order chi connectivity index (χ1) is 11.7. The smallest absolute Gasteiger partial charge is 0.270 e. The quantitative estimate of drug-likeness (QED) is 0.801. The van der Waals surface area contributed by atoms with Crippen molar-refractivity contribution in [3.63, 3.8) is 0 Å². The Balaban J connectivity index is 1.48. The summed E-state index contributed by atoms with van der Waals surface area (Å²) in [6, 6.07) is 7.99. The number of carbonyl (C=O) groups is 1. The van der Waals surface area contributed by atoms with Gasteiger partial charge in [0, 0.05) is 36.3 Å². The van der Waals surface area contributed by atoms with Crippen molar-refractivity contribution in [1.29, 1.82) is 0 Å². The van der Waals surface area contributed by atoms with Gasteiger partial charge in [-0.05, 0) is 31.0 Å². The lowest BCUT2D eigenvalue weighted by Crippen LogP contribution is -2.39. The fourth-order valence-electron chi connectivity index (χ4n) is 3.26. The number of nitrogens with one attached hydrogen (secondary N) is 1. The maximum Gasteiger partial charge on any atom is 0.270 e. The third-order valence-electron chi connectivity index (χ3n) is 4.63. The lowest BCUT2D eigenvalue weighted by molar-refractivity contribution is 0.0684. The van der Waals surface area contributed by atoms with Crippen LogP contribution in [0.3, 0.4) is 0 Å². The van der Waals surface area contributed by atoms with Crippen molar-refractivity contribution in [2.24, 2.45) is 0 Å². The molecule has 0 aliphatic carbocycles. The van der Waals surface area contributed by atoms with Crippen molar-refractivity contribution >= 4 is 16.8 Å². The number of amides is 1. The Morgan fingerprint density at radius 2 is 2.12 bits per heavy atom. The summed E-state index contributed by atoms with van der Waals surface area (Å²) in [5, 5.41) is 8.92. The summed E-state index contributed by atoms with van der Waals surface area (Å²) in [6.07, 6.45) is 5.36. The molecule has 7 nitrogen and oxygen atoms in total. The van der Waals surface area contributed by atoms with Gasteiger partial charge in [0.15, 0.2) is 0 Å². The number of aromatic amines is 1. The number of carbonyl (C=O) groups excluding carboxylic acids is 1.